The van der Waals surface area contributed by atoms with Crippen LogP contribution in [0.5, 0.6) is 0 Å². The van der Waals surface area contributed by atoms with E-state index >= 15 is 0 Å². The molecule has 0 aromatic heterocycles. The molecule has 0 bridgehead atoms. The molecular formula is C14H23NO. The van der Waals surface area contributed by atoms with Gasteiger partial charge < -0.3 is 10.4 Å². The zero-order chi connectivity index (χ0) is 11.6. The number of hydrogen-bond acceptors (Lipinski definition) is 2. The van der Waals surface area contributed by atoms with Gasteiger partial charge in [0.15, 0.2) is 0 Å². The third kappa shape index (κ3) is 5.17. The van der Waals surface area contributed by atoms with E-state index in [0.29, 0.717) is 0 Å². The molecule has 2 N–H and O–H groups in total. The van der Waals surface area contributed by atoms with Gasteiger partial charge in [-0.15, -0.1) is 0 Å². The summed E-state index contributed by atoms with van der Waals surface area (Å²) in [7, 11) is 0. The normalized spacial score (nSPS) is 10.4. The number of nitrogens with one attached hydrogen (secondary N) is 1. The first-order chi connectivity index (χ1) is 7.86. The van der Waals surface area contributed by atoms with Gasteiger partial charge in [0.25, 0.3) is 0 Å². The molecule has 0 atom stereocenters. The van der Waals surface area contributed by atoms with Crippen LogP contribution >= 0.6 is 0 Å². The van der Waals surface area contributed by atoms with Crippen molar-refractivity contribution in [3.05, 3.63) is 29.8 Å². The van der Waals surface area contributed by atoms with Crippen LogP contribution in [-0.2, 0) is 6.42 Å². The summed E-state index contributed by atoms with van der Waals surface area (Å²) in [5.74, 6) is 0. The molecule has 0 heterocycles. The van der Waals surface area contributed by atoms with E-state index in [1.807, 2.05) is 0 Å². The predicted molar refractivity (Wildman–Crippen MR) is 69.9 cm³/mol. The molecular weight excluding hydrogens is 198 g/mol. The van der Waals surface area contributed by atoms with E-state index in [1.165, 1.54) is 30.5 Å². The summed E-state index contributed by atoms with van der Waals surface area (Å²) >= 11 is 0. The van der Waals surface area contributed by atoms with Crippen molar-refractivity contribution in [1.29, 1.82) is 0 Å². The van der Waals surface area contributed by atoms with Crippen LogP contribution < -0.4 is 5.32 Å². The lowest BCUT2D eigenvalue weighted by molar-refractivity contribution is 0.288. The molecule has 0 radical (unpaired) electrons. The molecule has 1 aromatic carbocycles. The Kier molecular flexibility index (Phi) is 6.66. The van der Waals surface area contributed by atoms with Crippen LogP contribution in [0.2, 0.25) is 0 Å². The van der Waals surface area contributed by atoms with Gasteiger partial charge in [0.2, 0.25) is 0 Å². The number of hydrogen-bond donors (Lipinski definition) is 2. The first-order valence-corrected chi connectivity index (χ1v) is 6.30. The number of anilines is 1. The molecule has 0 saturated carbocycles. The second-order valence-electron chi connectivity index (χ2n) is 4.16. The summed E-state index contributed by atoms with van der Waals surface area (Å²) in [6.07, 6.45) is 5.59. The number of aryl methyl sites for hydroxylation is 1. The molecule has 0 saturated heterocycles. The molecule has 1 aromatic rings. The molecule has 0 fully saturated rings. The highest BCUT2D eigenvalue weighted by Crippen LogP contribution is 2.12. The maximum Gasteiger partial charge on any atom is 0.0434 e. The molecule has 0 spiro atoms. The minimum Gasteiger partial charge on any atom is -0.396 e. The van der Waals surface area contributed by atoms with Crippen molar-refractivity contribution in [2.75, 3.05) is 18.5 Å². The Morgan fingerprint density at radius 3 is 2.81 bits per heavy atom. The lowest BCUT2D eigenvalue weighted by Crippen LogP contribution is -2.01. The van der Waals surface area contributed by atoms with Crippen molar-refractivity contribution in [2.45, 2.75) is 39.0 Å². The number of unbranched alkanes of at least 4 members (excludes halogenated alkanes) is 2. The highest BCUT2D eigenvalue weighted by Gasteiger charge is 1.95. The summed E-state index contributed by atoms with van der Waals surface area (Å²) in [5.41, 5.74) is 2.50. The van der Waals surface area contributed by atoms with Gasteiger partial charge in [-0.3, -0.25) is 0 Å². The quantitative estimate of drug-likeness (QED) is 0.661. The summed E-state index contributed by atoms with van der Waals surface area (Å²) in [5, 5.41) is 12.2. The Morgan fingerprint density at radius 1 is 1.19 bits per heavy atom. The van der Waals surface area contributed by atoms with Crippen molar-refractivity contribution in [2.24, 2.45) is 0 Å². The van der Waals surface area contributed by atoms with Gasteiger partial charge in [0, 0.05) is 18.8 Å². The van der Waals surface area contributed by atoms with Gasteiger partial charge in [-0.25, -0.2) is 0 Å². The summed E-state index contributed by atoms with van der Waals surface area (Å²) in [6, 6.07) is 8.48. The minimum atomic E-state index is 0.272. The van der Waals surface area contributed by atoms with Crippen LogP contribution in [-0.4, -0.2) is 18.3 Å². The van der Waals surface area contributed by atoms with Gasteiger partial charge >= 0.3 is 0 Å². The Balaban J connectivity index is 2.35. The van der Waals surface area contributed by atoms with E-state index < -0.39 is 0 Å². The Bertz CT molecular complexity index is 286. The number of benzene rings is 1. The van der Waals surface area contributed by atoms with E-state index in [1.54, 1.807) is 0 Å². The molecule has 0 aliphatic heterocycles. The third-order valence-electron chi connectivity index (χ3n) is 2.66. The highest BCUT2D eigenvalue weighted by atomic mass is 16.2. The molecule has 1 rings (SSSR count). The number of rotatable bonds is 8. The number of aliphatic hydroxyl groups excluding tert-OH is 1. The zero-order valence-electron chi connectivity index (χ0n) is 10.2. The molecule has 2 heteroatoms. The standard InChI is InChI=1S/C14H23NO/c1-2-3-4-10-15-14-9-5-7-13(12-14)8-6-11-16/h5,7,9,12,15-16H,2-4,6,8,10-11H2,1H3. The first kappa shape index (κ1) is 13.0. The monoisotopic (exact) mass is 221 g/mol. The van der Waals surface area contributed by atoms with Crippen molar-refractivity contribution in [1.82, 2.24) is 0 Å². The zero-order valence-corrected chi connectivity index (χ0v) is 10.2. The fourth-order valence-corrected chi connectivity index (χ4v) is 1.73. The highest BCUT2D eigenvalue weighted by molar-refractivity contribution is 5.45. The maximum atomic E-state index is 8.78. The van der Waals surface area contributed by atoms with Crippen molar-refractivity contribution in [3.63, 3.8) is 0 Å². The Labute approximate surface area is 98.7 Å². The largest absolute Gasteiger partial charge is 0.396 e. The summed E-state index contributed by atoms with van der Waals surface area (Å²) < 4.78 is 0. The van der Waals surface area contributed by atoms with Crippen LogP contribution in [0.4, 0.5) is 5.69 Å². The molecule has 0 amide bonds. The van der Waals surface area contributed by atoms with Gasteiger partial charge in [-0.05, 0) is 37.0 Å². The second kappa shape index (κ2) is 8.17. The van der Waals surface area contributed by atoms with Crippen LogP contribution in [0.15, 0.2) is 24.3 Å². The maximum absolute atomic E-state index is 8.78. The molecule has 0 unspecified atom stereocenters. The second-order valence-corrected chi connectivity index (χ2v) is 4.16. The van der Waals surface area contributed by atoms with Crippen molar-refractivity contribution >= 4 is 5.69 Å². The van der Waals surface area contributed by atoms with E-state index in [4.69, 9.17) is 5.11 Å². The van der Waals surface area contributed by atoms with E-state index in [0.717, 1.165) is 19.4 Å². The van der Waals surface area contributed by atoms with Crippen molar-refractivity contribution in [3.8, 4) is 0 Å². The fraction of sp³-hybridized carbons (Fsp3) is 0.571. The van der Waals surface area contributed by atoms with Crippen LogP contribution in [0.25, 0.3) is 0 Å². The van der Waals surface area contributed by atoms with Crippen LogP contribution in [0.3, 0.4) is 0 Å². The Morgan fingerprint density at radius 2 is 2.06 bits per heavy atom. The topological polar surface area (TPSA) is 32.3 Å². The van der Waals surface area contributed by atoms with Gasteiger partial charge in [-0.1, -0.05) is 31.9 Å². The summed E-state index contributed by atoms with van der Waals surface area (Å²) in [4.78, 5) is 0. The van der Waals surface area contributed by atoms with Crippen LogP contribution in [0.1, 0.15) is 38.2 Å². The van der Waals surface area contributed by atoms with Crippen molar-refractivity contribution < 1.29 is 5.11 Å². The minimum absolute atomic E-state index is 0.272. The van der Waals surface area contributed by atoms with Gasteiger partial charge in [-0.2, -0.15) is 0 Å². The third-order valence-corrected chi connectivity index (χ3v) is 2.66. The average molecular weight is 221 g/mol. The van der Waals surface area contributed by atoms with Gasteiger partial charge in [0.1, 0.15) is 0 Å². The van der Waals surface area contributed by atoms with E-state index in [9.17, 15) is 0 Å². The fourth-order valence-electron chi connectivity index (χ4n) is 1.73. The lowest BCUT2D eigenvalue weighted by Gasteiger charge is -2.07. The smallest absolute Gasteiger partial charge is 0.0434 e. The first-order valence-electron chi connectivity index (χ1n) is 6.30. The number of aliphatic hydroxyl groups is 1. The molecule has 90 valence electrons. The molecule has 16 heavy (non-hydrogen) atoms. The van der Waals surface area contributed by atoms with Gasteiger partial charge in [0.05, 0.1) is 0 Å². The van der Waals surface area contributed by atoms with E-state index in [2.05, 4.69) is 36.5 Å². The lowest BCUT2D eigenvalue weighted by atomic mass is 10.1. The van der Waals surface area contributed by atoms with Crippen LogP contribution in [0, 0.1) is 0 Å². The molecule has 0 aliphatic rings. The SMILES string of the molecule is CCCCCNc1cccc(CCCO)c1. The predicted octanol–water partition coefficient (Wildman–Crippen LogP) is 3.21. The average Bonchev–Trinajstić information content (AvgIpc) is 2.33. The molecule has 0 aliphatic carbocycles. The summed E-state index contributed by atoms with van der Waals surface area (Å²) in [6.45, 7) is 3.54. The molecule has 2 nitrogen and oxygen atoms in total. The van der Waals surface area contributed by atoms with E-state index in [-0.39, 0.29) is 6.61 Å². The Hall–Kier alpha value is -1.02.